The lowest BCUT2D eigenvalue weighted by molar-refractivity contribution is -0.129. The molecule has 0 aromatic heterocycles. The Bertz CT molecular complexity index is 346. The molecule has 2 N–H and O–H groups in total. The van der Waals surface area contributed by atoms with Crippen LogP contribution in [0.15, 0.2) is 24.3 Å². The molecule has 1 aromatic carbocycles. The molecule has 17 heavy (non-hydrogen) atoms. The van der Waals surface area contributed by atoms with Crippen LogP contribution in [0.4, 0.5) is 0 Å². The fourth-order valence-electron chi connectivity index (χ4n) is 1.68. The van der Waals surface area contributed by atoms with Crippen molar-refractivity contribution in [3.63, 3.8) is 0 Å². The zero-order valence-corrected chi connectivity index (χ0v) is 10.8. The number of carbonyl (C=O) groups is 1. The second-order valence-corrected chi connectivity index (χ2v) is 4.27. The van der Waals surface area contributed by atoms with Crippen molar-refractivity contribution in [1.82, 2.24) is 4.90 Å². The quantitative estimate of drug-likeness (QED) is 0.812. The second kappa shape index (κ2) is 7.07. The molecular formula is C14H22N2O. The van der Waals surface area contributed by atoms with E-state index in [1.54, 1.807) is 4.90 Å². The van der Waals surface area contributed by atoms with E-state index in [-0.39, 0.29) is 5.91 Å². The molecule has 0 atom stereocenters. The van der Waals surface area contributed by atoms with E-state index in [1.165, 1.54) is 11.1 Å². The minimum absolute atomic E-state index is 0.123. The molecule has 0 heterocycles. The highest BCUT2D eigenvalue weighted by Crippen LogP contribution is 2.06. The topological polar surface area (TPSA) is 46.3 Å². The van der Waals surface area contributed by atoms with Crippen molar-refractivity contribution in [2.24, 2.45) is 5.73 Å². The van der Waals surface area contributed by atoms with Crippen LogP contribution in [0.3, 0.4) is 0 Å². The summed E-state index contributed by atoms with van der Waals surface area (Å²) in [4.78, 5) is 13.3. The maximum Gasteiger partial charge on any atom is 0.223 e. The van der Waals surface area contributed by atoms with Crippen LogP contribution in [0.1, 0.15) is 24.5 Å². The number of likely N-dealkylation sites (N-methyl/N-ethyl adjacent to an activating group) is 1. The third kappa shape index (κ3) is 4.57. The standard InChI is InChI=1S/C14H22N2O/c1-3-12-4-6-13(7-5-12)9-11-16(2)14(17)8-10-15/h4-7H,3,8-11,15H2,1-2H3. The maximum absolute atomic E-state index is 11.5. The Morgan fingerprint density at radius 1 is 1.24 bits per heavy atom. The van der Waals surface area contributed by atoms with Gasteiger partial charge in [-0.05, 0) is 24.0 Å². The lowest BCUT2D eigenvalue weighted by Crippen LogP contribution is -2.30. The van der Waals surface area contributed by atoms with E-state index in [2.05, 4.69) is 31.2 Å². The van der Waals surface area contributed by atoms with Crippen molar-refractivity contribution < 1.29 is 4.79 Å². The molecule has 1 amide bonds. The summed E-state index contributed by atoms with van der Waals surface area (Å²) >= 11 is 0. The highest BCUT2D eigenvalue weighted by molar-refractivity contribution is 5.76. The number of carbonyl (C=O) groups excluding carboxylic acids is 1. The normalized spacial score (nSPS) is 10.3. The van der Waals surface area contributed by atoms with Crippen LogP contribution >= 0.6 is 0 Å². The highest BCUT2D eigenvalue weighted by atomic mass is 16.2. The Kier molecular flexibility index (Phi) is 5.70. The van der Waals surface area contributed by atoms with Gasteiger partial charge in [-0.15, -0.1) is 0 Å². The van der Waals surface area contributed by atoms with Crippen molar-refractivity contribution in [2.45, 2.75) is 26.2 Å². The lowest BCUT2D eigenvalue weighted by atomic mass is 10.1. The first-order valence-electron chi connectivity index (χ1n) is 6.19. The Hall–Kier alpha value is -1.35. The molecule has 1 aromatic rings. The van der Waals surface area contributed by atoms with Crippen molar-refractivity contribution in [1.29, 1.82) is 0 Å². The van der Waals surface area contributed by atoms with Gasteiger partial charge in [0.15, 0.2) is 0 Å². The van der Waals surface area contributed by atoms with Gasteiger partial charge in [-0.25, -0.2) is 0 Å². The highest BCUT2D eigenvalue weighted by Gasteiger charge is 2.06. The summed E-state index contributed by atoms with van der Waals surface area (Å²) in [5.41, 5.74) is 7.98. The van der Waals surface area contributed by atoms with E-state index < -0.39 is 0 Å². The van der Waals surface area contributed by atoms with Crippen LogP contribution in [0, 0.1) is 0 Å². The fraction of sp³-hybridized carbons (Fsp3) is 0.500. The first-order valence-corrected chi connectivity index (χ1v) is 6.19. The van der Waals surface area contributed by atoms with Gasteiger partial charge in [0.1, 0.15) is 0 Å². The number of benzene rings is 1. The van der Waals surface area contributed by atoms with E-state index in [1.807, 2.05) is 7.05 Å². The van der Waals surface area contributed by atoms with E-state index in [0.717, 1.165) is 19.4 Å². The zero-order valence-electron chi connectivity index (χ0n) is 10.8. The molecule has 0 bridgehead atoms. The van der Waals surface area contributed by atoms with Gasteiger partial charge in [0, 0.05) is 26.6 Å². The largest absolute Gasteiger partial charge is 0.345 e. The average molecular weight is 234 g/mol. The number of hydrogen-bond acceptors (Lipinski definition) is 2. The van der Waals surface area contributed by atoms with Gasteiger partial charge >= 0.3 is 0 Å². The lowest BCUT2D eigenvalue weighted by Gasteiger charge is -2.16. The van der Waals surface area contributed by atoms with Crippen molar-refractivity contribution in [3.8, 4) is 0 Å². The fourth-order valence-corrected chi connectivity index (χ4v) is 1.68. The predicted octanol–water partition coefficient (Wildman–Crippen LogP) is 1.60. The van der Waals surface area contributed by atoms with E-state index in [9.17, 15) is 4.79 Å². The smallest absolute Gasteiger partial charge is 0.223 e. The Labute approximate surface area is 104 Å². The summed E-state index contributed by atoms with van der Waals surface area (Å²) in [6, 6.07) is 8.58. The van der Waals surface area contributed by atoms with E-state index in [0.29, 0.717) is 13.0 Å². The summed E-state index contributed by atoms with van der Waals surface area (Å²) in [5, 5.41) is 0. The van der Waals surface area contributed by atoms with E-state index in [4.69, 9.17) is 5.73 Å². The van der Waals surface area contributed by atoms with Gasteiger partial charge in [-0.1, -0.05) is 31.2 Å². The zero-order chi connectivity index (χ0) is 12.7. The molecule has 3 heteroatoms. The first-order chi connectivity index (χ1) is 8.17. The summed E-state index contributed by atoms with van der Waals surface area (Å²) in [7, 11) is 1.83. The Balaban J connectivity index is 2.41. The van der Waals surface area contributed by atoms with Crippen molar-refractivity contribution in [3.05, 3.63) is 35.4 Å². The number of hydrogen-bond donors (Lipinski definition) is 1. The molecule has 94 valence electrons. The van der Waals surface area contributed by atoms with Crippen LogP contribution in [0.5, 0.6) is 0 Å². The molecule has 0 saturated carbocycles. The number of rotatable bonds is 6. The summed E-state index contributed by atoms with van der Waals surface area (Å²) in [5.74, 6) is 0.123. The molecule has 0 aliphatic rings. The van der Waals surface area contributed by atoms with Gasteiger partial charge in [0.25, 0.3) is 0 Å². The minimum atomic E-state index is 0.123. The molecule has 0 aliphatic heterocycles. The molecule has 0 unspecified atom stereocenters. The number of amides is 1. The summed E-state index contributed by atoms with van der Waals surface area (Å²) < 4.78 is 0. The summed E-state index contributed by atoms with van der Waals surface area (Å²) in [6.45, 7) is 3.33. The third-order valence-corrected chi connectivity index (χ3v) is 2.95. The molecular weight excluding hydrogens is 212 g/mol. The van der Waals surface area contributed by atoms with Crippen molar-refractivity contribution >= 4 is 5.91 Å². The second-order valence-electron chi connectivity index (χ2n) is 4.27. The molecule has 0 aliphatic carbocycles. The predicted molar refractivity (Wildman–Crippen MR) is 70.8 cm³/mol. The van der Waals surface area contributed by atoms with E-state index >= 15 is 0 Å². The minimum Gasteiger partial charge on any atom is -0.345 e. The molecule has 3 nitrogen and oxygen atoms in total. The monoisotopic (exact) mass is 234 g/mol. The van der Waals surface area contributed by atoms with Gasteiger partial charge in [-0.2, -0.15) is 0 Å². The number of aryl methyl sites for hydroxylation is 1. The van der Waals surface area contributed by atoms with Gasteiger partial charge in [0.2, 0.25) is 5.91 Å². The van der Waals surface area contributed by atoms with Gasteiger partial charge < -0.3 is 10.6 Å². The van der Waals surface area contributed by atoms with Crippen LogP contribution in [-0.2, 0) is 17.6 Å². The van der Waals surface area contributed by atoms with Crippen LogP contribution in [0.2, 0.25) is 0 Å². The van der Waals surface area contributed by atoms with Gasteiger partial charge in [0.05, 0.1) is 0 Å². The number of nitrogens with two attached hydrogens (primary N) is 1. The van der Waals surface area contributed by atoms with Crippen LogP contribution in [0.25, 0.3) is 0 Å². The maximum atomic E-state index is 11.5. The number of nitrogens with zero attached hydrogens (tertiary/aromatic N) is 1. The SMILES string of the molecule is CCc1ccc(CCN(C)C(=O)CCN)cc1. The molecule has 0 fully saturated rings. The first kappa shape index (κ1) is 13.7. The summed E-state index contributed by atoms with van der Waals surface area (Å²) in [6.07, 6.45) is 2.40. The van der Waals surface area contributed by atoms with Crippen LogP contribution in [-0.4, -0.2) is 30.9 Å². The van der Waals surface area contributed by atoms with Crippen LogP contribution < -0.4 is 5.73 Å². The molecule has 0 spiro atoms. The third-order valence-electron chi connectivity index (χ3n) is 2.95. The average Bonchev–Trinajstić information content (AvgIpc) is 2.36. The van der Waals surface area contributed by atoms with Gasteiger partial charge in [-0.3, -0.25) is 4.79 Å². The molecule has 0 saturated heterocycles. The molecule has 1 rings (SSSR count). The Morgan fingerprint density at radius 3 is 2.35 bits per heavy atom. The van der Waals surface area contributed by atoms with Crippen molar-refractivity contribution in [2.75, 3.05) is 20.1 Å². The molecule has 0 radical (unpaired) electrons. The Morgan fingerprint density at radius 2 is 1.82 bits per heavy atom.